The van der Waals surface area contributed by atoms with Crippen molar-refractivity contribution in [3.8, 4) is 0 Å². The van der Waals surface area contributed by atoms with E-state index in [-0.39, 0.29) is 0 Å². The largest absolute Gasteiger partial charge is 0.243 e. The van der Waals surface area contributed by atoms with Crippen LogP contribution in [-0.4, -0.2) is 4.57 Å². The van der Waals surface area contributed by atoms with E-state index in [1.807, 2.05) is 7.05 Å². The lowest BCUT2D eigenvalue weighted by Gasteiger charge is -2.01. The first-order valence-corrected chi connectivity index (χ1v) is 3.76. The smallest absolute Gasteiger partial charge is 0.240 e. The predicted octanol–water partition coefficient (Wildman–Crippen LogP) is 1.28. The van der Waals surface area contributed by atoms with E-state index in [0.717, 1.165) is 0 Å². The zero-order chi connectivity index (χ0) is 7.56. The summed E-state index contributed by atoms with van der Waals surface area (Å²) in [7, 11) is 2.04. The van der Waals surface area contributed by atoms with Crippen molar-refractivity contribution < 1.29 is 4.57 Å². The Balaban J connectivity index is 2.74. The minimum atomic E-state index is 0.626. The van der Waals surface area contributed by atoms with Crippen molar-refractivity contribution in [1.29, 1.82) is 0 Å². The van der Waals surface area contributed by atoms with Crippen molar-refractivity contribution in [3.63, 3.8) is 0 Å². The summed E-state index contributed by atoms with van der Waals surface area (Å²) in [6.45, 7) is 4.42. The molecule has 0 fully saturated rings. The molecule has 1 heterocycles. The molecule has 0 aliphatic rings. The topological polar surface area (TPSA) is 8.81 Å². The van der Waals surface area contributed by atoms with Gasteiger partial charge in [0.2, 0.25) is 6.33 Å². The Kier molecular flexibility index (Phi) is 2.10. The lowest BCUT2D eigenvalue weighted by Crippen LogP contribution is -2.24. The molecule has 0 bridgehead atoms. The highest BCUT2D eigenvalue weighted by atomic mass is 15.1. The van der Waals surface area contributed by atoms with Crippen LogP contribution in [0.1, 0.15) is 26.3 Å². The van der Waals surface area contributed by atoms with Gasteiger partial charge in [0, 0.05) is 0 Å². The van der Waals surface area contributed by atoms with Gasteiger partial charge >= 0.3 is 0 Å². The number of nitrogens with zero attached hydrogens (tertiary/aromatic N) is 2. The maximum absolute atomic E-state index is 2.22. The van der Waals surface area contributed by atoms with Crippen molar-refractivity contribution in [2.45, 2.75) is 26.3 Å². The van der Waals surface area contributed by atoms with E-state index in [1.165, 1.54) is 6.42 Å². The number of rotatable bonds is 2. The summed E-state index contributed by atoms with van der Waals surface area (Å²) in [4.78, 5) is 0. The molecule has 1 atom stereocenters. The number of hydrogen-bond acceptors (Lipinski definition) is 0. The van der Waals surface area contributed by atoms with Crippen molar-refractivity contribution in [3.05, 3.63) is 18.7 Å². The molecule has 0 aliphatic heterocycles. The van der Waals surface area contributed by atoms with Gasteiger partial charge in [0.1, 0.15) is 12.4 Å². The average molecular weight is 139 g/mol. The van der Waals surface area contributed by atoms with Crippen molar-refractivity contribution in [2.75, 3.05) is 0 Å². The van der Waals surface area contributed by atoms with E-state index in [4.69, 9.17) is 0 Å². The first kappa shape index (κ1) is 7.32. The number of aryl methyl sites for hydroxylation is 1. The van der Waals surface area contributed by atoms with Crippen LogP contribution in [0.15, 0.2) is 18.7 Å². The minimum absolute atomic E-state index is 0.626. The summed E-state index contributed by atoms with van der Waals surface area (Å²) in [5.74, 6) is 0. The molecule has 0 radical (unpaired) electrons. The zero-order valence-corrected chi connectivity index (χ0v) is 6.91. The quantitative estimate of drug-likeness (QED) is 0.546. The van der Waals surface area contributed by atoms with E-state index < -0.39 is 0 Å². The van der Waals surface area contributed by atoms with Crippen LogP contribution < -0.4 is 4.57 Å². The van der Waals surface area contributed by atoms with Gasteiger partial charge in [0.15, 0.2) is 0 Å². The van der Waals surface area contributed by atoms with Crippen molar-refractivity contribution in [2.24, 2.45) is 7.05 Å². The molecule has 0 N–H and O–H groups in total. The van der Waals surface area contributed by atoms with Crippen LogP contribution in [0.5, 0.6) is 0 Å². The highest BCUT2D eigenvalue weighted by Crippen LogP contribution is 2.06. The number of hydrogen-bond donors (Lipinski definition) is 0. The van der Waals surface area contributed by atoms with E-state index in [1.54, 1.807) is 0 Å². The van der Waals surface area contributed by atoms with Gasteiger partial charge in [0.25, 0.3) is 0 Å². The third-order valence-corrected chi connectivity index (χ3v) is 1.89. The fraction of sp³-hybridized carbons (Fsp3) is 0.625. The first-order chi connectivity index (χ1) is 4.74. The van der Waals surface area contributed by atoms with Gasteiger partial charge in [-0.3, -0.25) is 0 Å². The SMILES string of the molecule is CC[C@H](C)n1cc[n+](C)c1. The number of imidazole rings is 1. The second-order valence-electron chi connectivity index (χ2n) is 2.78. The fourth-order valence-electron chi connectivity index (χ4n) is 0.941. The molecule has 0 saturated heterocycles. The third kappa shape index (κ3) is 1.38. The van der Waals surface area contributed by atoms with Crippen LogP contribution in [0.4, 0.5) is 0 Å². The predicted molar refractivity (Wildman–Crippen MR) is 40.6 cm³/mol. The molecule has 0 unspecified atom stereocenters. The zero-order valence-electron chi connectivity index (χ0n) is 6.91. The van der Waals surface area contributed by atoms with Gasteiger partial charge in [-0.2, -0.15) is 0 Å². The second kappa shape index (κ2) is 2.86. The van der Waals surface area contributed by atoms with Crippen LogP contribution in [-0.2, 0) is 7.05 Å². The summed E-state index contributed by atoms with van der Waals surface area (Å²) in [6.07, 6.45) is 7.46. The lowest BCUT2D eigenvalue weighted by atomic mass is 10.3. The summed E-state index contributed by atoms with van der Waals surface area (Å²) < 4.78 is 4.28. The van der Waals surface area contributed by atoms with Crippen LogP contribution in [0.25, 0.3) is 0 Å². The second-order valence-corrected chi connectivity index (χ2v) is 2.78. The van der Waals surface area contributed by atoms with E-state index in [2.05, 4.69) is 41.7 Å². The molecule has 1 aromatic heterocycles. The molecule has 0 saturated carbocycles. The monoisotopic (exact) mass is 139 g/mol. The van der Waals surface area contributed by atoms with Gasteiger partial charge in [-0.05, 0) is 13.3 Å². The minimum Gasteiger partial charge on any atom is -0.240 e. The molecule has 0 spiro atoms. The molecule has 2 nitrogen and oxygen atoms in total. The maximum Gasteiger partial charge on any atom is 0.243 e. The maximum atomic E-state index is 2.22. The molecule has 56 valence electrons. The van der Waals surface area contributed by atoms with Crippen molar-refractivity contribution in [1.82, 2.24) is 4.57 Å². The van der Waals surface area contributed by atoms with Crippen LogP contribution >= 0.6 is 0 Å². The van der Waals surface area contributed by atoms with Crippen LogP contribution in [0.2, 0.25) is 0 Å². The number of aromatic nitrogens is 2. The van der Waals surface area contributed by atoms with Gasteiger partial charge in [-0.1, -0.05) is 6.92 Å². The standard InChI is InChI=1S/C8H15N2/c1-4-8(2)10-6-5-9(3)7-10/h5-8H,4H2,1-3H3/q+1/t8-/m0/s1. The molecule has 0 amide bonds. The summed E-state index contributed by atoms with van der Waals surface area (Å²) in [5, 5.41) is 0. The molecule has 1 rings (SSSR count). The average Bonchev–Trinajstić information content (AvgIpc) is 2.34. The van der Waals surface area contributed by atoms with Gasteiger partial charge in [-0.15, -0.1) is 0 Å². The summed E-state index contributed by atoms with van der Waals surface area (Å²) in [6, 6.07) is 0.626. The van der Waals surface area contributed by atoms with Crippen molar-refractivity contribution >= 4 is 0 Å². The lowest BCUT2D eigenvalue weighted by molar-refractivity contribution is -0.671. The Hall–Kier alpha value is -0.790. The molecule has 0 aromatic carbocycles. The molecule has 0 aliphatic carbocycles. The van der Waals surface area contributed by atoms with Gasteiger partial charge < -0.3 is 0 Å². The Morgan fingerprint density at radius 2 is 2.30 bits per heavy atom. The third-order valence-electron chi connectivity index (χ3n) is 1.89. The Labute approximate surface area is 62.1 Å². The van der Waals surface area contributed by atoms with Gasteiger partial charge in [-0.25, -0.2) is 9.13 Å². The Bertz CT molecular complexity index is 203. The molecule has 10 heavy (non-hydrogen) atoms. The highest BCUT2D eigenvalue weighted by Gasteiger charge is 2.06. The Morgan fingerprint density at radius 3 is 2.70 bits per heavy atom. The summed E-state index contributed by atoms with van der Waals surface area (Å²) in [5.41, 5.74) is 0. The highest BCUT2D eigenvalue weighted by molar-refractivity contribution is 4.71. The molecular weight excluding hydrogens is 124 g/mol. The molecular formula is C8H15N2+. The first-order valence-electron chi connectivity index (χ1n) is 3.76. The van der Waals surface area contributed by atoms with E-state index in [9.17, 15) is 0 Å². The van der Waals surface area contributed by atoms with Crippen LogP contribution in [0.3, 0.4) is 0 Å². The Morgan fingerprint density at radius 1 is 1.60 bits per heavy atom. The molecule has 1 aromatic rings. The van der Waals surface area contributed by atoms with Gasteiger partial charge in [0.05, 0.1) is 13.1 Å². The fourth-order valence-corrected chi connectivity index (χ4v) is 0.941. The van der Waals surface area contributed by atoms with E-state index >= 15 is 0 Å². The van der Waals surface area contributed by atoms with Crippen LogP contribution in [0, 0.1) is 0 Å². The molecule has 2 heteroatoms. The van der Waals surface area contributed by atoms with E-state index in [0.29, 0.717) is 6.04 Å². The summed E-state index contributed by atoms with van der Waals surface area (Å²) >= 11 is 0. The normalized spacial score (nSPS) is 13.5.